The smallest absolute Gasteiger partial charge is 0.246 e. The number of hydrogen-bond acceptors (Lipinski definition) is 5. The highest BCUT2D eigenvalue weighted by Crippen LogP contribution is 1.89. The highest BCUT2D eigenvalue weighted by atomic mass is 16.5. The number of carbonyl (C=O) groups is 1. The second-order valence-corrected chi connectivity index (χ2v) is 3.04. The first kappa shape index (κ1) is 12.5. The SMILES string of the molecule is COCCOCC(=O)NCc1cccnn1. The van der Waals surface area contributed by atoms with Crippen LogP contribution in [0, 0.1) is 0 Å². The maximum Gasteiger partial charge on any atom is 0.246 e. The minimum Gasteiger partial charge on any atom is -0.382 e. The minimum atomic E-state index is -0.179. The molecule has 6 nitrogen and oxygen atoms in total. The number of nitrogens with zero attached hydrogens (tertiary/aromatic N) is 2. The third kappa shape index (κ3) is 5.38. The van der Waals surface area contributed by atoms with Gasteiger partial charge >= 0.3 is 0 Å². The molecule has 1 aromatic heterocycles. The summed E-state index contributed by atoms with van der Waals surface area (Å²) in [4.78, 5) is 11.3. The van der Waals surface area contributed by atoms with Crippen molar-refractivity contribution < 1.29 is 14.3 Å². The third-order valence-corrected chi connectivity index (χ3v) is 1.76. The molecule has 0 aliphatic carbocycles. The number of nitrogens with one attached hydrogen (secondary N) is 1. The van der Waals surface area contributed by atoms with Crippen molar-refractivity contribution in [3.8, 4) is 0 Å². The Hall–Kier alpha value is -1.53. The monoisotopic (exact) mass is 225 g/mol. The van der Waals surface area contributed by atoms with Crippen molar-refractivity contribution in [2.75, 3.05) is 26.9 Å². The molecule has 6 heteroatoms. The van der Waals surface area contributed by atoms with Gasteiger partial charge in [-0.3, -0.25) is 4.79 Å². The maximum atomic E-state index is 11.3. The summed E-state index contributed by atoms with van der Waals surface area (Å²) in [6.07, 6.45) is 1.58. The zero-order valence-corrected chi connectivity index (χ0v) is 9.18. The normalized spacial score (nSPS) is 10.1. The number of hydrogen-bond donors (Lipinski definition) is 1. The first-order chi connectivity index (χ1) is 7.83. The van der Waals surface area contributed by atoms with Crippen LogP contribution in [0.5, 0.6) is 0 Å². The Kier molecular flexibility index (Phi) is 6.05. The molecule has 0 unspecified atom stereocenters. The Morgan fingerprint density at radius 1 is 1.50 bits per heavy atom. The molecule has 16 heavy (non-hydrogen) atoms. The molecule has 0 aromatic carbocycles. The van der Waals surface area contributed by atoms with Gasteiger partial charge in [0.05, 0.1) is 25.5 Å². The molecule has 0 spiro atoms. The van der Waals surface area contributed by atoms with Gasteiger partial charge in [0.25, 0.3) is 0 Å². The molecule has 1 rings (SSSR count). The van der Waals surface area contributed by atoms with E-state index in [1.54, 1.807) is 25.4 Å². The highest BCUT2D eigenvalue weighted by Gasteiger charge is 2.01. The van der Waals surface area contributed by atoms with Crippen LogP contribution in [0.4, 0.5) is 0 Å². The predicted octanol–water partition coefficient (Wildman–Crippen LogP) is -0.244. The first-order valence-corrected chi connectivity index (χ1v) is 4.93. The fourth-order valence-corrected chi connectivity index (χ4v) is 0.975. The first-order valence-electron chi connectivity index (χ1n) is 4.93. The molecule has 0 bridgehead atoms. The summed E-state index contributed by atoms with van der Waals surface area (Å²) in [5, 5.41) is 10.2. The van der Waals surface area contributed by atoms with Crippen LogP contribution in [0.1, 0.15) is 5.69 Å². The van der Waals surface area contributed by atoms with Crippen LogP contribution in [-0.2, 0) is 20.8 Å². The van der Waals surface area contributed by atoms with Crippen LogP contribution in [0.2, 0.25) is 0 Å². The van der Waals surface area contributed by atoms with Gasteiger partial charge in [0.15, 0.2) is 0 Å². The number of amides is 1. The average Bonchev–Trinajstić information content (AvgIpc) is 2.33. The predicted molar refractivity (Wildman–Crippen MR) is 56.6 cm³/mol. The number of rotatable bonds is 7. The van der Waals surface area contributed by atoms with Gasteiger partial charge in [0.1, 0.15) is 6.61 Å². The van der Waals surface area contributed by atoms with Crippen molar-refractivity contribution >= 4 is 5.91 Å². The van der Waals surface area contributed by atoms with Crippen molar-refractivity contribution in [2.24, 2.45) is 0 Å². The van der Waals surface area contributed by atoms with E-state index in [4.69, 9.17) is 9.47 Å². The molecule has 0 atom stereocenters. The zero-order valence-electron chi connectivity index (χ0n) is 9.18. The summed E-state index contributed by atoms with van der Waals surface area (Å²) in [6, 6.07) is 3.56. The summed E-state index contributed by atoms with van der Waals surface area (Å²) in [6.45, 7) is 1.29. The van der Waals surface area contributed by atoms with Gasteiger partial charge in [-0.25, -0.2) is 0 Å². The lowest BCUT2D eigenvalue weighted by Crippen LogP contribution is -2.28. The van der Waals surface area contributed by atoms with Gasteiger partial charge in [-0.05, 0) is 12.1 Å². The second-order valence-electron chi connectivity index (χ2n) is 3.04. The molecule has 0 fully saturated rings. The summed E-state index contributed by atoms with van der Waals surface area (Å²) < 4.78 is 9.83. The molecule has 0 aliphatic heterocycles. The van der Waals surface area contributed by atoms with Crippen LogP contribution in [0.15, 0.2) is 18.3 Å². The molecule has 1 heterocycles. The van der Waals surface area contributed by atoms with Crippen LogP contribution < -0.4 is 5.32 Å². The Morgan fingerprint density at radius 3 is 3.06 bits per heavy atom. The van der Waals surface area contributed by atoms with Crippen LogP contribution in [0.25, 0.3) is 0 Å². The number of methoxy groups -OCH3 is 1. The second kappa shape index (κ2) is 7.72. The molecule has 0 saturated heterocycles. The van der Waals surface area contributed by atoms with Crippen molar-refractivity contribution in [3.05, 3.63) is 24.0 Å². The lowest BCUT2D eigenvalue weighted by Gasteiger charge is -2.05. The standard InChI is InChI=1S/C10H15N3O3/c1-15-5-6-16-8-10(14)11-7-9-3-2-4-12-13-9/h2-4H,5-8H2,1H3,(H,11,14). The molecular weight excluding hydrogens is 210 g/mol. The van der Waals surface area contributed by atoms with E-state index >= 15 is 0 Å². The summed E-state index contributed by atoms with van der Waals surface area (Å²) in [5.41, 5.74) is 0.716. The zero-order chi connectivity index (χ0) is 11.6. The lowest BCUT2D eigenvalue weighted by molar-refractivity contribution is -0.126. The van der Waals surface area contributed by atoms with E-state index in [0.29, 0.717) is 25.5 Å². The van der Waals surface area contributed by atoms with Crippen molar-refractivity contribution in [2.45, 2.75) is 6.54 Å². The van der Waals surface area contributed by atoms with Crippen LogP contribution in [-0.4, -0.2) is 43.0 Å². The number of aromatic nitrogens is 2. The van der Waals surface area contributed by atoms with Gasteiger partial charge in [-0.2, -0.15) is 10.2 Å². The fourth-order valence-electron chi connectivity index (χ4n) is 0.975. The van der Waals surface area contributed by atoms with Gasteiger partial charge in [-0.15, -0.1) is 0 Å². The quantitative estimate of drug-likeness (QED) is 0.648. The maximum absolute atomic E-state index is 11.3. The van der Waals surface area contributed by atoms with E-state index in [-0.39, 0.29) is 12.5 Å². The van der Waals surface area contributed by atoms with Gasteiger partial charge in [0, 0.05) is 13.3 Å². The average molecular weight is 225 g/mol. The fraction of sp³-hybridized carbons (Fsp3) is 0.500. The molecule has 1 aromatic rings. The van der Waals surface area contributed by atoms with Crippen LogP contribution >= 0.6 is 0 Å². The van der Waals surface area contributed by atoms with Crippen LogP contribution in [0.3, 0.4) is 0 Å². The Morgan fingerprint density at radius 2 is 2.38 bits per heavy atom. The molecule has 0 aliphatic rings. The van der Waals surface area contributed by atoms with E-state index in [0.717, 1.165) is 0 Å². The summed E-state index contributed by atoms with van der Waals surface area (Å²) in [7, 11) is 1.58. The van der Waals surface area contributed by atoms with E-state index in [9.17, 15) is 4.79 Å². The highest BCUT2D eigenvalue weighted by molar-refractivity contribution is 5.77. The van der Waals surface area contributed by atoms with E-state index < -0.39 is 0 Å². The van der Waals surface area contributed by atoms with Crippen molar-refractivity contribution in [1.29, 1.82) is 0 Å². The molecule has 0 saturated carbocycles. The largest absolute Gasteiger partial charge is 0.382 e. The lowest BCUT2D eigenvalue weighted by atomic mass is 10.4. The van der Waals surface area contributed by atoms with Crippen molar-refractivity contribution in [3.63, 3.8) is 0 Å². The van der Waals surface area contributed by atoms with E-state index in [1.807, 2.05) is 0 Å². The molecule has 1 amide bonds. The number of ether oxygens (including phenoxy) is 2. The topological polar surface area (TPSA) is 73.3 Å². The molecular formula is C10H15N3O3. The van der Waals surface area contributed by atoms with Gasteiger partial charge < -0.3 is 14.8 Å². The van der Waals surface area contributed by atoms with E-state index in [2.05, 4.69) is 15.5 Å². The Bertz CT molecular complexity index is 305. The van der Waals surface area contributed by atoms with Gasteiger partial charge in [0.2, 0.25) is 5.91 Å². The van der Waals surface area contributed by atoms with E-state index in [1.165, 1.54) is 0 Å². The van der Waals surface area contributed by atoms with Crippen molar-refractivity contribution in [1.82, 2.24) is 15.5 Å². The Labute approximate surface area is 94.0 Å². The third-order valence-electron chi connectivity index (χ3n) is 1.76. The minimum absolute atomic E-state index is 0.0314. The molecule has 1 N–H and O–H groups in total. The van der Waals surface area contributed by atoms with Gasteiger partial charge in [-0.1, -0.05) is 0 Å². The summed E-state index contributed by atoms with van der Waals surface area (Å²) >= 11 is 0. The number of carbonyl (C=O) groups excluding carboxylic acids is 1. The Balaban J connectivity index is 2.11. The molecule has 88 valence electrons. The summed E-state index contributed by atoms with van der Waals surface area (Å²) in [5.74, 6) is -0.179. The molecule has 0 radical (unpaired) electrons.